The summed E-state index contributed by atoms with van der Waals surface area (Å²) in [5.41, 5.74) is 3.23. The van der Waals surface area contributed by atoms with Crippen molar-refractivity contribution in [2.75, 3.05) is 12.4 Å². The van der Waals surface area contributed by atoms with E-state index in [9.17, 15) is 4.79 Å². The lowest BCUT2D eigenvalue weighted by atomic mass is 10.1. The number of anilines is 1. The predicted molar refractivity (Wildman–Crippen MR) is 102 cm³/mol. The molecule has 0 radical (unpaired) electrons. The molecule has 0 fully saturated rings. The average Bonchev–Trinajstić information content (AvgIpc) is 2.68. The van der Waals surface area contributed by atoms with E-state index >= 15 is 0 Å². The van der Waals surface area contributed by atoms with Gasteiger partial charge in [0.1, 0.15) is 11.3 Å². The number of benzene rings is 2. The van der Waals surface area contributed by atoms with E-state index in [0.717, 1.165) is 27.4 Å². The summed E-state index contributed by atoms with van der Waals surface area (Å²) in [5.74, 6) is 0.578. The molecule has 26 heavy (non-hydrogen) atoms. The van der Waals surface area contributed by atoms with Crippen LogP contribution in [0.15, 0.2) is 67.0 Å². The Bertz CT molecular complexity index is 1110. The molecule has 0 aliphatic carbocycles. The van der Waals surface area contributed by atoms with Gasteiger partial charge in [-0.25, -0.2) is 0 Å². The first-order valence-corrected chi connectivity index (χ1v) is 8.30. The SMILES string of the molecule is COc1ccc(NC(=O)Cc2cnc3ccccc3c2)c2cccnc12. The lowest BCUT2D eigenvalue weighted by Crippen LogP contribution is -2.15. The highest BCUT2D eigenvalue weighted by Gasteiger charge is 2.11. The standard InChI is InChI=1S/C21H17N3O2/c1-26-19-9-8-18(16-6-4-10-22-21(16)19)24-20(25)12-14-11-15-5-2-3-7-17(15)23-13-14/h2-11,13H,12H2,1H3,(H,24,25). The maximum absolute atomic E-state index is 12.5. The Balaban J connectivity index is 1.59. The molecule has 1 amide bonds. The molecule has 1 N–H and O–H groups in total. The highest BCUT2D eigenvalue weighted by molar-refractivity contribution is 6.03. The van der Waals surface area contributed by atoms with Gasteiger partial charge < -0.3 is 10.1 Å². The summed E-state index contributed by atoms with van der Waals surface area (Å²) in [6.07, 6.45) is 3.71. The largest absolute Gasteiger partial charge is 0.494 e. The molecule has 5 heteroatoms. The number of carbonyl (C=O) groups excluding carboxylic acids is 1. The van der Waals surface area contributed by atoms with E-state index in [4.69, 9.17) is 4.74 Å². The number of fused-ring (bicyclic) bond motifs is 2. The van der Waals surface area contributed by atoms with Crippen LogP contribution < -0.4 is 10.1 Å². The zero-order valence-electron chi connectivity index (χ0n) is 14.3. The minimum absolute atomic E-state index is 0.0996. The van der Waals surface area contributed by atoms with Gasteiger partial charge >= 0.3 is 0 Å². The summed E-state index contributed by atoms with van der Waals surface area (Å²) in [6, 6.07) is 17.2. The number of rotatable bonds is 4. The number of ether oxygens (including phenoxy) is 1. The monoisotopic (exact) mass is 343 g/mol. The molecule has 2 aromatic heterocycles. The molecular weight excluding hydrogens is 326 g/mol. The van der Waals surface area contributed by atoms with Crippen molar-refractivity contribution < 1.29 is 9.53 Å². The number of nitrogens with one attached hydrogen (secondary N) is 1. The number of pyridine rings is 2. The molecule has 0 aliphatic rings. The zero-order valence-corrected chi connectivity index (χ0v) is 14.3. The van der Waals surface area contributed by atoms with Gasteiger partial charge in [0.2, 0.25) is 5.91 Å². The third-order valence-electron chi connectivity index (χ3n) is 4.24. The molecule has 0 unspecified atom stereocenters. The summed E-state index contributed by atoms with van der Waals surface area (Å²) in [4.78, 5) is 21.3. The smallest absolute Gasteiger partial charge is 0.228 e. The van der Waals surface area contributed by atoms with Gasteiger partial charge in [-0.15, -0.1) is 0 Å². The van der Waals surface area contributed by atoms with Gasteiger partial charge in [-0.1, -0.05) is 18.2 Å². The van der Waals surface area contributed by atoms with Crippen molar-refractivity contribution in [1.29, 1.82) is 0 Å². The molecule has 0 saturated carbocycles. The summed E-state index contributed by atoms with van der Waals surface area (Å²) in [5, 5.41) is 4.84. The van der Waals surface area contributed by atoms with E-state index in [0.29, 0.717) is 11.4 Å². The molecule has 4 aromatic rings. The zero-order chi connectivity index (χ0) is 17.9. The van der Waals surface area contributed by atoms with Crippen LogP contribution in [0, 0.1) is 0 Å². The van der Waals surface area contributed by atoms with Crippen LogP contribution in [0.2, 0.25) is 0 Å². The molecule has 4 rings (SSSR count). The summed E-state index contributed by atoms with van der Waals surface area (Å²) >= 11 is 0. The molecule has 0 spiro atoms. The number of amides is 1. The van der Waals surface area contributed by atoms with Crippen LogP contribution in [0.25, 0.3) is 21.8 Å². The van der Waals surface area contributed by atoms with E-state index in [2.05, 4.69) is 15.3 Å². The molecule has 0 aliphatic heterocycles. The average molecular weight is 343 g/mol. The molecule has 128 valence electrons. The van der Waals surface area contributed by atoms with Gasteiger partial charge in [-0.3, -0.25) is 14.8 Å². The van der Waals surface area contributed by atoms with E-state index in [1.54, 1.807) is 19.5 Å². The van der Waals surface area contributed by atoms with Gasteiger partial charge in [0, 0.05) is 23.2 Å². The van der Waals surface area contributed by atoms with Crippen molar-refractivity contribution in [2.45, 2.75) is 6.42 Å². The maximum Gasteiger partial charge on any atom is 0.228 e. The molecule has 2 aromatic carbocycles. The van der Waals surface area contributed by atoms with Gasteiger partial charge in [0.25, 0.3) is 0 Å². The van der Waals surface area contributed by atoms with E-state index in [-0.39, 0.29) is 12.3 Å². The second-order valence-electron chi connectivity index (χ2n) is 5.98. The third kappa shape index (κ3) is 3.07. The molecule has 0 atom stereocenters. The van der Waals surface area contributed by atoms with Crippen LogP contribution in [0.1, 0.15) is 5.56 Å². The molecule has 2 heterocycles. The summed E-state index contributed by atoms with van der Waals surface area (Å²) < 4.78 is 5.34. The lowest BCUT2D eigenvalue weighted by Gasteiger charge is -2.11. The first-order valence-electron chi connectivity index (χ1n) is 8.30. The number of methoxy groups -OCH3 is 1. The van der Waals surface area contributed by atoms with Crippen LogP contribution in [0.5, 0.6) is 5.75 Å². The van der Waals surface area contributed by atoms with Crippen LogP contribution in [0.3, 0.4) is 0 Å². The fourth-order valence-electron chi connectivity index (χ4n) is 3.01. The van der Waals surface area contributed by atoms with Gasteiger partial charge in [0.15, 0.2) is 0 Å². The second kappa shape index (κ2) is 6.80. The van der Waals surface area contributed by atoms with Crippen LogP contribution in [-0.2, 0) is 11.2 Å². The molecular formula is C21H17N3O2. The molecule has 5 nitrogen and oxygen atoms in total. The Hall–Kier alpha value is -3.47. The fraction of sp³-hybridized carbons (Fsp3) is 0.0952. The highest BCUT2D eigenvalue weighted by atomic mass is 16.5. The normalized spacial score (nSPS) is 10.8. The van der Waals surface area contributed by atoms with Crippen molar-refractivity contribution in [3.8, 4) is 5.75 Å². The van der Waals surface area contributed by atoms with Crippen molar-refractivity contribution in [2.24, 2.45) is 0 Å². The highest BCUT2D eigenvalue weighted by Crippen LogP contribution is 2.29. The minimum Gasteiger partial charge on any atom is -0.494 e. The molecule has 0 saturated heterocycles. The number of hydrogen-bond donors (Lipinski definition) is 1. The van der Waals surface area contributed by atoms with Gasteiger partial charge in [0.05, 0.1) is 24.7 Å². The molecule has 0 bridgehead atoms. The van der Waals surface area contributed by atoms with Crippen LogP contribution >= 0.6 is 0 Å². The Kier molecular flexibility index (Phi) is 4.19. The fourth-order valence-corrected chi connectivity index (χ4v) is 3.01. The minimum atomic E-state index is -0.0996. The number of carbonyl (C=O) groups is 1. The lowest BCUT2D eigenvalue weighted by molar-refractivity contribution is -0.115. The third-order valence-corrected chi connectivity index (χ3v) is 4.24. The number of nitrogens with zero attached hydrogens (tertiary/aromatic N) is 2. The summed E-state index contributed by atoms with van der Waals surface area (Å²) in [7, 11) is 1.61. The van der Waals surface area contributed by atoms with E-state index in [1.165, 1.54) is 0 Å². The van der Waals surface area contributed by atoms with Crippen LogP contribution in [-0.4, -0.2) is 23.0 Å². The second-order valence-corrected chi connectivity index (χ2v) is 5.98. The topological polar surface area (TPSA) is 64.1 Å². The van der Waals surface area contributed by atoms with Crippen molar-refractivity contribution in [3.63, 3.8) is 0 Å². The van der Waals surface area contributed by atoms with E-state index in [1.807, 2.05) is 54.6 Å². The number of hydrogen-bond acceptors (Lipinski definition) is 4. The summed E-state index contributed by atoms with van der Waals surface area (Å²) in [6.45, 7) is 0. The Labute approximate surface area is 150 Å². The maximum atomic E-state index is 12.5. The van der Waals surface area contributed by atoms with Crippen molar-refractivity contribution in [1.82, 2.24) is 9.97 Å². The Morgan fingerprint density at radius 3 is 2.85 bits per heavy atom. The Morgan fingerprint density at radius 1 is 1.08 bits per heavy atom. The number of para-hydroxylation sites is 1. The number of aromatic nitrogens is 2. The quantitative estimate of drug-likeness (QED) is 0.609. The van der Waals surface area contributed by atoms with Crippen molar-refractivity contribution in [3.05, 3.63) is 72.6 Å². The van der Waals surface area contributed by atoms with Gasteiger partial charge in [-0.05, 0) is 42.0 Å². The van der Waals surface area contributed by atoms with Crippen LogP contribution in [0.4, 0.5) is 5.69 Å². The Morgan fingerprint density at radius 2 is 1.96 bits per heavy atom. The van der Waals surface area contributed by atoms with E-state index < -0.39 is 0 Å². The van der Waals surface area contributed by atoms with Crippen molar-refractivity contribution >= 4 is 33.4 Å². The predicted octanol–water partition coefficient (Wildman–Crippen LogP) is 3.97. The van der Waals surface area contributed by atoms with Gasteiger partial charge in [-0.2, -0.15) is 0 Å². The first-order chi connectivity index (χ1) is 12.7. The first kappa shape index (κ1) is 16.0.